The van der Waals surface area contributed by atoms with Gasteiger partial charge in [0.25, 0.3) is 0 Å². The number of aliphatic hydroxyl groups is 1. The fourth-order valence-electron chi connectivity index (χ4n) is 3.07. The smallest absolute Gasteiger partial charge is 0.234 e. The number of halogens is 1. The molecule has 2 aliphatic rings. The zero-order valence-corrected chi connectivity index (χ0v) is 13.8. The average molecular weight is 336 g/mol. The highest BCUT2D eigenvalue weighted by molar-refractivity contribution is 5.78. The molecule has 0 radical (unpaired) electrons. The monoisotopic (exact) mass is 336 g/mol. The van der Waals surface area contributed by atoms with Crippen molar-refractivity contribution in [2.24, 2.45) is 0 Å². The Morgan fingerprint density at radius 2 is 2.08 bits per heavy atom. The van der Waals surface area contributed by atoms with Crippen LogP contribution in [0.1, 0.15) is 37.4 Å². The quantitative estimate of drug-likeness (QED) is 0.757. The van der Waals surface area contributed by atoms with Gasteiger partial charge in [-0.1, -0.05) is 12.1 Å². The summed E-state index contributed by atoms with van der Waals surface area (Å²) in [4.78, 5) is 14.2. The number of ether oxygens (including phenoxy) is 1. The number of carbonyl (C=O) groups is 1. The molecule has 0 aromatic heterocycles. The Morgan fingerprint density at radius 1 is 1.33 bits per heavy atom. The lowest BCUT2D eigenvalue weighted by Gasteiger charge is -2.25. The van der Waals surface area contributed by atoms with E-state index in [2.05, 4.69) is 5.32 Å². The van der Waals surface area contributed by atoms with Crippen molar-refractivity contribution in [3.05, 3.63) is 35.6 Å². The number of hydrogen-bond acceptors (Lipinski definition) is 4. The molecule has 132 valence electrons. The van der Waals surface area contributed by atoms with Gasteiger partial charge in [-0.25, -0.2) is 4.39 Å². The van der Waals surface area contributed by atoms with Crippen LogP contribution in [0.15, 0.2) is 24.3 Å². The number of carbonyl (C=O) groups excluding carboxylic acids is 1. The molecule has 2 unspecified atom stereocenters. The van der Waals surface area contributed by atoms with Gasteiger partial charge in [0.2, 0.25) is 5.91 Å². The van der Waals surface area contributed by atoms with Gasteiger partial charge >= 0.3 is 0 Å². The van der Waals surface area contributed by atoms with Crippen LogP contribution in [-0.4, -0.2) is 54.3 Å². The highest BCUT2D eigenvalue weighted by Crippen LogP contribution is 2.28. The Morgan fingerprint density at radius 3 is 2.71 bits per heavy atom. The molecule has 5 nitrogen and oxygen atoms in total. The Labute approximate surface area is 141 Å². The highest BCUT2D eigenvalue weighted by atomic mass is 19.1. The molecular formula is C18H25FN2O3. The van der Waals surface area contributed by atoms with Crippen molar-refractivity contribution in [1.29, 1.82) is 0 Å². The normalized spacial score (nSPS) is 21.9. The van der Waals surface area contributed by atoms with Crippen molar-refractivity contribution >= 4 is 5.91 Å². The van der Waals surface area contributed by atoms with Gasteiger partial charge in [0.05, 0.1) is 18.8 Å². The predicted octanol–water partition coefficient (Wildman–Crippen LogP) is 1.62. The maximum Gasteiger partial charge on any atom is 0.234 e. The Kier molecular flexibility index (Phi) is 5.81. The van der Waals surface area contributed by atoms with E-state index in [-0.39, 0.29) is 24.4 Å². The molecule has 24 heavy (non-hydrogen) atoms. The van der Waals surface area contributed by atoms with Crippen LogP contribution in [0.3, 0.4) is 0 Å². The Hall–Kier alpha value is -1.50. The molecule has 0 bridgehead atoms. The third-order valence-electron chi connectivity index (χ3n) is 4.62. The van der Waals surface area contributed by atoms with Gasteiger partial charge < -0.3 is 15.2 Å². The maximum absolute atomic E-state index is 13.0. The number of benzene rings is 1. The fraction of sp³-hybridized carbons (Fsp3) is 0.611. The summed E-state index contributed by atoms with van der Waals surface area (Å²) in [6.07, 6.45) is 3.56. The first-order valence-corrected chi connectivity index (χ1v) is 8.67. The van der Waals surface area contributed by atoms with E-state index in [4.69, 9.17) is 4.74 Å². The third kappa shape index (κ3) is 5.00. The first-order chi connectivity index (χ1) is 11.6. The van der Waals surface area contributed by atoms with E-state index in [1.807, 2.05) is 4.90 Å². The molecule has 1 aromatic carbocycles. The van der Waals surface area contributed by atoms with Gasteiger partial charge in [-0.15, -0.1) is 0 Å². The minimum atomic E-state index is -0.725. The zero-order chi connectivity index (χ0) is 16.9. The van der Waals surface area contributed by atoms with Crippen LogP contribution < -0.4 is 5.32 Å². The minimum absolute atomic E-state index is 0.0382. The van der Waals surface area contributed by atoms with Gasteiger partial charge in [0, 0.05) is 25.7 Å². The third-order valence-corrected chi connectivity index (χ3v) is 4.62. The SMILES string of the molecule is O=C(CN(CC(O)c1ccc(F)cc1)C1CC1)NCC1CCCO1. The number of nitrogens with zero attached hydrogens (tertiary/aromatic N) is 1. The molecule has 1 aliphatic carbocycles. The molecule has 2 fully saturated rings. The van der Waals surface area contributed by atoms with E-state index in [1.54, 1.807) is 12.1 Å². The summed E-state index contributed by atoms with van der Waals surface area (Å²) in [5.74, 6) is -0.359. The second kappa shape index (κ2) is 8.05. The molecule has 1 saturated carbocycles. The lowest BCUT2D eigenvalue weighted by molar-refractivity contribution is -0.123. The number of rotatable bonds is 8. The summed E-state index contributed by atoms with van der Waals surface area (Å²) < 4.78 is 18.5. The molecule has 1 heterocycles. The lowest BCUT2D eigenvalue weighted by Crippen LogP contribution is -2.42. The molecule has 0 spiro atoms. The van der Waals surface area contributed by atoms with E-state index < -0.39 is 6.10 Å². The largest absolute Gasteiger partial charge is 0.387 e. The molecular weight excluding hydrogens is 311 g/mol. The molecule has 3 rings (SSSR count). The second-order valence-electron chi connectivity index (χ2n) is 6.67. The molecule has 6 heteroatoms. The lowest BCUT2D eigenvalue weighted by atomic mass is 10.1. The molecule has 1 aromatic rings. The number of amides is 1. The molecule has 1 amide bonds. The van der Waals surface area contributed by atoms with Crippen molar-refractivity contribution in [3.63, 3.8) is 0 Å². The Balaban J connectivity index is 1.48. The highest BCUT2D eigenvalue weighted by Gasteiger charge is 2.32. The van der Waals surface area contributed by atoms with Crippen molar-refractivity contribution in [2.75, 3.05) is 26.2 Å². The Bertz CT molecular complexity index is 542. The molecule has 2 N–H and O–H groups in total. The number of hydrogen-bond donors (Lipinski definition) is 2. The van der Waals surface area contributed by atoms with Crippen molar-refractivity contribution in [2.45, 2.75) is 43.9 Å². The summed E-state index contributed by atoms with van der Waals surface area (Å²) in [7, 11) is 0. The second-order valence-corrected chi connectivity index (χ2v) is 6.67. The van der Waals surface area contributed by atoms with E-state index >= 15 is 0 Å². The van der Waals surface area contributed by atoms with E-state index in [0.717, 1.165) is 32.3 Å². The zero-order valence-electron chi connectivity index (χ0n) is 13.8. The van der Waals surface area contributed by atoms with Crippen LogP contribution in [0.4, 0.5) is 4.39 Å². The summed E-state index contributed by atoms with van der Waals surface area (Å²) in [6.45, 7) is 1.98. The number of nitrogens with one attached hydrogen (secondary N) is 1. The first-order valence-electron chi connectivity index (χ1n) is 8.67. The van der Waals surface area contributed by atoms with Crippen LogP contribution in [-0.2, 0) is 9.53 Å². The first kappa shape index (κ1) is 17.3. The van der Waals surface area contributed by atoms with Crippen LogP contribution in [0.5, 0.6) is 0 Å². The fourth-order valence-corrected chi connectivity index (χ4v) is 3.07. The van der Waals surface area contributed by atoms with Crippen LogP contribution in [0, 0.1) is 5.82 Å². The van der Waals surface area contributed by atoms with Crippen molar-refractivity contribution in [3.8, 4) is 0 Å². The minimum Gasteiger partial charge on any atom is -0.387 e. The summed E-state index contributed by atoms with van der Waals surface area (Å²) in [5, 5.41) is 13.3. The molecule has 2 atom stereocenters. The summed E-state index contributed by atoms with van der Waals surface area (Å²) in [5.41, 5.74) is 0.668. The molecule has 1 saturated heterocycles. The van der Waals surface area contributed by atoms with Gasteiger partial charge in [-0.3, -0.25) is 9.69 Å². The van der Waals surface area contributed by atoms with E-state index in [1.165, 1.54) is 12.1 Å². The standard InChI is InChI=1S/C18H25FN2O3/c19-14-5-3-13(4-6-14)17(22)11-21(15-7-8-15)12-18(23)20-10-16-2-1-9-24-16/h3-6,15-17,22H,1-2,7-12H2,(H,20,23). The summed E-state index contributed by atoms with van der Waals surface area (Å²) >= 11 is 0. The van der Waals surface area contributed by atoms with Gasteiger partial charge in [-0.05, 0) is 43.4 Å². The van der Waals surface area contributed by atoms with E-state index in [9.17, 15) is 14.3 Å². The number of aliphatic hydroxyl groups excluding tert-OH is 1. The van der Waals surface area contributed by atoms with Gasteiger partial charge in [0.1, 0.15) is 5.82 Å². The average Bonchev–Trinajstić information content (AvgIpc) is 3.29. The molecule has 1 aliphatic heterocycles. The van der Waals surface area contributed by atoms with Gasteiger partial charge in [0.15, 0.2) is 0 Å². The van der Waals surface area contributed by atoms with Gasteiger partial charge in [-0.2, -0.15) is 0 Å². The van der Waals surface area contributed by atoms with Crippen molar-refractivity contribution < 1.29 is 19.0 Å². The van der Waals surface area contributed by atoms with Crippen molar-refractivity contribution in [1.82, 2.24) is 10.2 Å². The predicted molar refractivity (Wildman–Crippen MR) is 87.9 cm³/mol. The maximum atomic E-state index is 13.0. The van der Waals surface area contributed by atoms with Crippen LogP contribution in [0.2, 0.25) is 0 Å². The summed E-state index contributed by atoms with van der Waals surface area (Å²) in [6, 6.07) is 6.21. The van der Waals surface area contributed by atoms with Crippen LogP contribution in [0.25, 0.3) is 0 Å². The van der Waals surface area contributed by atoms with Crippen LogP contribution >= 0.6 is 0 Å². The van der Waals surface area contributed by atoms with E-state index in [0.29, 0.717) is 24.7 Å². The topological polar surface area (TPSA) is 61.8 Å².